The molecule has 2 heteroatoms. The van der Waals surface area contributed by atoms with Crippen LogP contribution >= 0.6 is 0 Å². The number of nitrogens with zero attached hydrogens (tertiary/aromatic N) is 1. The molecule has 1 aliphatic rings. The molecule has 0 aromatic heterocycles. The summed E-state index contributed by atoms with van der Waals surface area (Å²) in [5.74, 6) is 0. The van der Waals surface area contributed by atoms with Crippen molar-refractivity contribution in [2.24, 2.45) is 0 Å². The van der Waals surface area contributed by atoms with Crippen molar-refractivity contribution in [2.75, 3.05) is 23.7 Å². The number of piperidine rings is 1. The van der Waals surface area contributed by atoms with Crippen LogP contribution in [0.2, 0.25) is 0 Å². The Kier molecular flexibility index (Phi) is 3.91. The lowest BCUT2D eigenvalue weighted by Gasteiger charge is -2.29. The molecule has 1 fully saturated rings. The van der Waals surface area contributed by atoms with E-state index >= 15 is 0 Å². The van der Waals surface area contributed by atoms with E-state index in [1.807, 2.05) is 12.1 Å². The molecular weight excluding hydrogens is 244 g/mol. The summed E-state index contributed by atoms with van der Waals surface area (Å²) in [5, 5.41) is 0. The molecule has 0 spiro atoms. The summed E-state index contributed by atoms with van der Waals surface area (Å²) in [6, 6.07) is 17.1. The van der Waals surface area contributed by atoms with Gasteiger partial charge in [0, 0.05) is 24.5 Å². The third kappa shape index (κ3) is 3.13. The summed E-state index contributed by atoms with van der Waals surface area (Å²) in [6.07, 6.45) is 4.96. The molecule has 0 radical (unpaired) electrons. The van der Waals surface area contributed by atoms with E-state index in [-0.39, 0.29) is 0 Å². The largest absolute Gasteiger partial charge is 0.399 e. The van der Waals surface area contributed by atoms with E-state index in [9.17, 15) is 0 Å². The lowest BCUT2D eigenvalue weighted by molar-refractivity contribution is 0.578. The van der Waals surface area contributed by atoms with E-state index in [4.69, 9.17) is 5.73 Å². The van der Waals surface area contributed by atoms with Crippen LogP contribution in [0.3, 0.4) is 0 Å². The van der Waals surface area contributed by atoms with Crippen molar-refractivity contribution in [3.05, 3.63) is 59.7 Å². The van der Waals surface area contributed by atoms with Gasteiger partial charge < -0.3 is 10.6 Å². The Balaban J connectivity index is 1.77. The third-order valence-corrected chi connectivity index (χ3v) is 3.99. The van der Waals surface area contributed by atoms with Gasteiger partial charge in [0.15, 0.2) is 0 Å². The smallest absolute Gasteiger partial charge is 0.0369 e. The van der Waals surface area contributed by atoms with Gasteiger partial charge in [0.1, 0.15) is 0 Å². The molecule has 0 amide bonds. The van der Waals surface area contributed by atoms with Crippen molar-refractivity contribution < 1.29 is 0 Å². The van der Waals surface area contributed by atoms with E-state index in [0.29, 0.717) is 0 Å². The molecule has 1 heterocycles. The van der Waals surface area contributed by atoms with Gasteiger partial charge >= 0.3 is 0 Å². The second kappa shape index (κ2) is 6.00. The maximum absolute atomic E-state index is 5.85. The zero-order chi connectivity index (χ0) is 13.8. The Morgan fingerprint density at radius 2 is 1.55 bits per heavy atom. The van der Waals surface area contributed by atoms with Crippen molar-refractivity contribution in [2.45, 2.75) is 25.7 Å². The fraction of sp³-hybridized carbons (Fsp3) is 0.333. The van der Waals surface area contributed by atoms with Gasteiger partial charge in [-0.05, 0) is 61.1 Å². The number of nitrogens with two attached hydrogens (primary N) is 1. The number of benzene rings is 2. The molecule has 20 heavy (non-hydrogen) atoms. The highest BCUT2D eigenvalue weighted by molar-refractivity contribution is 5.50. The van der Waals surface area contributed by atoms with Crippen molar-refractivity contribution in [3.8, 4) is 0 Å². The van der Waals surface area contributed by atoms with Crippen LogP contribution < -0.4 is 10.6 Å². The van der Waals surface area contributed by atoms with Gasteiger partial charge in [-0.15, -0.1) is 0 Å². The zero-order valence-electron chi connectivity index (χ0n) is 11.9. The van der Waals surface area contributed by atoms with Crippen LogP contribution in [0.1, 0.15) is 30.4 Å². The molecule has 1 saturated heterocycles. The van der Waals surface area contributed by atoms with Crippen LogP contribution in [0.25, 0.3) is 0 Å². The van der Waals surface area contributed by atoms with E-state index in [2.05, 4.69) is 41.3 Å². The number of anilines is 2. The quantitative estimate of drug-likeness (QED) is 0.855. The molecule has 2 N–H and O–H groups in total. The molecule has 2 aromatic rings. The Bertz CT molecular complexity index is 571. The highest BCUT2D eigenvalue weighted by Crippen LogP contribution is 2.22. The standard InChI is InChI=1S/C18H22N2/c19-17-8-4-6-15(13-17)12-16-7-5-9-18(14-16)20-10-2-1-3-11-20/h4-9,13-14H,1-3,10-12,19H2. The Labute approximate surface area is 121 Å². The maximum Gasteiger partial charge on any atom is 0.0369 e. The molecule has 3 rings (SSSR count). The fourth-order valence-corrected chi connectivity index (χ4v) is 2.95. The van der Waals surface area contributed by atoms with Gasteiger partial charge in [-0.1, -0.05) is 24.3 Å². The number of hydrogen-bond donors (Lipinski definition) is 1. The highest BCUT2D eigenvalue weighted by atomic mass is 15.1. The van der Waals surface area contributed by atoms with Crippen molar-refractivity contribution >= 4 is 11.4 Å². The van der Waals surface area contributed by atoms with Crippen LogP contribution in [0.15, 0.2) is 48.5 Å². The summed E-state index contributed by atoms with van der Waals surface area (Å²) in [7, 11) is 0. The summed E-state index contributed by atoms with van der Waals surface area (Å²) in [4.78, 5) is 2.51. The van der Waals surface area contributed by atoms with Gasteiger partial charge in [-0.3, -0.25) is 0 Å². The highest BCUT2D eigenvalue weighted by Gasteiger charge is 2.11. The van der Waals surface area contributed by atoms with Crippen LogP contribution in [-0.4, -0.2) is 13.1 Å². The van der Waals surface area contributed by atoms with Crippen LogP contribution in [0, 0.1) is 0 Å². The monoisotopic (exact) mass is 266 g/mol. The molecule has 0 saturated carbocycles. The SMILES string of the molecule is Nc1cccc(Cc2cccc(N3CCCCC3)c2)c1. The maximum atomic E-state index is 5.85. The average molecular weight is 266 g/mol. The summed E-state index contributed by atoms with van der Waals surface area (Å²) in [6.45, 7) is 2.39. The number of hydrogen-bond acceptors (Lipinski definition) is 2. The van der Waals surface area contributed by atoms with Gasteiger partial charge in [-0.2, -0.15) is 0 Å². The van der Waals surface area contributed by atoms with Crippen molar-refractivity contribution in [1.29, 1.82) is 0 Å². The molecule has 2 nitrogen and oxygen atoms in total. The van der Waals surface area contributed by atoms with E-state index < -0.39 is 0 Å². The Hall–Kier alpha value is -1.96. The molecule has 104 valence electrons. The van der Waals surface area contributed by atoms with Gasteiger partial charge in [0.05, 0.1) is 0 Å². The van der Waals surface area contributed by atoms with Gasteiger partial charge in [0.2, 0.25) is 0 Å². The second-order valence-corrected chi connectivity index (χ2v) is 5.64. The topological polar surface area (TPSA) is 29.3 Å². The third-order valence-electron chi connectivity index (χ3n) is 3.99. The minimum atomic E-state index is 0.842. The molecule has 1 aliphatic heterocycles. The van der Waals surface area contributed by atoms with E-state index in [0.717, 1.165) is 12.1 Å². The van der Waals surface area contributed by atoms with E-state index in [1.54, 1.807) is 0 Å². The zero-order valence-corrected chi connectivity index (χ0v) is 11.9. The summed E-state index contributed by atoms with van der Waals surface area (Å²) < 4.78 is 0. The molecule has 0 aliphatic carbocycles. The average Bonchev–Trinajstić information content (AvgIpc) is 2.48. The minimum absolute atomic E-state index is 0.842. The normalized spacial score (nSPS) is 15.3. The molecule has 0 bridgehead atoms. The minimum Gasteiger partial charge on any atom is -0.399 e. The van der Waals surface area contributed by atoms with Gasteiger partial charge in [0.25, 0.3) is 0 Å². The number of nitrogen functional groups attached to an aromatic ring is 1. The lowest BCUT2D eigenvalue weighted by Crippen LogP contribution is -2.29. The second-order valence-electron chi connectivity index (χ2n) is 5.64. The Morgan fingerprint density at radius 1 is 0.850 bits per heavy atom. The summed E-state index contributed by atoms with van der Waals surface area (Å²) >= 11 is 0. The predicted octanol–water partition coefficient (Wildman–Crippen LogP) is 3.85. The van der Waals surface area contributed by atoms with Crippen LogP contribution in [0.5, 0.6) is 0 Å². The van der Waals surface area contributed by atoms with E-state index in [1.165, 1.54) is 49.2 Å². The molecule has 0 unspecified atom stereocenters. The van der Waals surface area contributed by atoms with Crippen molar-refractivity contribution in [3.63, 3.8) is 0 Å². The fourth-order valence-electron chi connectivity index (χ4n) is 2.95. The first-order valence-electron chi connectivity index (χ1n) is 7.49. The first kappa shape index (κ1) is 13.0. The van der Waals surface area contributed by atoms with Gasteiger partial charge in [-0.25, -0.2) is 0 Å². The lowest BCUT2D eigenvalue weighted by atomic mass is 10.0. The number of rotatable bonds is 3. The molecule has 0 atom stereocenters. The molecule has 2 aromatic carbocycles. The molecular formula is C18H22N2. The van der Waals surface area contributed by atoms with Crippen LogP contribution in [-0.2, 0) is 6.42 Å². The predicted molar refractivity (Wildman–Crippen MR) is 86.2 cm³/mol. The van der Waals surface area contributed by atoms with Crippen molar-refractivity contribution in [1.82, 2.24) is 0 Å². The first-order chi connectivity index (χ1) is 9.81. The summed E-state index contributed by atoms with van der Waals surface area (Å²) in [5.41, 5.74) is 10.7. The van der Waals surface area contributed by atoms with Crippen LogP contribution in [0.4, 0.5) is 11.4 Å². The Morgan fingerprint density at radius 3 is 2.30 bits per heavy atom. The first-order valence-corrected chi connectivity index (χ1v) is 7.49.